The minimum absolute atomic E-state index is 0.172. The second-order valence-electron chi connectivity index (χ2n) is 10.9. The Morgan fingerprint density at radius 3 is 2.18 bits per heavy atom. The highest BCUT2D eigenvalue weighted by atomic mass is 127. The summed E-state index contributed by atoms with van der Waals surface area (Å²) < 4.78 is 14.1. The van der Waals surface area contributed by atoms with Gasteiger partial charge < -0.3 is 9.47 Å². The van der Waals surface area contributed by atoms with Crippen LogP contribution in [0, 0.1) is 3.57 Å². The summed E-state index contributed by atoms with van der Waals surface area (Å²) in [5, 5.41) is 3.58. The van der Waals surface area contributed by atoms with Crippen LogP contribution in [0.3, 0.4) is 0 Å². The van der Waals surface area contributed by atoms with Crippen LogP contribution in [0.25, 0.3) is 28.0 Å². The van der Waals surface area contributed by atoms with Crippen LogP contribution >= 0.6 is 31.8 Å². The zero-order chi connectivity index (χ0) is 26.9. The Morgan fingerprint density at radius 2 is 1.46 bits per heavy atom. The molecule has 0 bridgehead atoms. The van der Waals surface area contributed by atoms with Gasteiger partial charge in [-0.05, 0) is 85.9 Å². The normalized spacial score (nSPS) is 18.3. The van der Waals surface area contributed by atoms with Gasteiger partial charge in [0.05, 0.1) is 7.11 Å². The number of fused-ring (bicyclic) bond motifs is 8. The Hall–Kier alpha value is -3.14. The van der Waals surface area contributed by atoms with Crippen molar-refractivity contribution < 1.29 is 9.47 Å². The van der Waals surface area contributed by atoms with Crippen molar-refractivity contribution in [1.29, 1.82) is 0 Å². The molecule has 7 rings (SSSR count). The molecule has 4 heteroatoms. The van der Waals surface area contributed by atoms with Crippen LogP contribution in [0.15, 0.2) is 97.1 Å². The van der Waals surface area contributed by atoms with Crippen LogP contribution in [0.1, 0.15) is 41.7 Å². The van der Waals surface area contributed by atoms with Gasteiger partial charge in [-0.3, -0.25) is 0 Å². The molecule has 0 N–H and O–H groups in total. The monoisotopic (exact) mass is 638 g/mol. The molecule has 5 aromatic rings. The van der Waals surface area contributed by atoms with Gasteiger partial charge in [0, 0.05) is 31.1 Å². The van der Waals surface area contributed by atoms with Gasteiger partial charge in [0.1, 0.15) is 11.5 Å². The molecule has 0 amide bonds. The second kappa shape index (κ2) is 8.94. The third kappa shape index (κ3) is 3.56. The van der Waals surface area contributed by atoms with Crippen molar-refractivity contribution >= 4 is 54.0 Å². The molecule has 2 unspecified atom stereocenters. The lowest BCUT2D eigenvalue weighted by molar-refractivity contribution is 0.163. The summed E-state index contributed by atoms with van der Waals surface area (Å²) in [6.45, 7) is 4.71. The van der Waals surface area contributed by atoms with Crippen molar-refractivity contribution in [3.05, 3.63) is 128 Å². The Morgan fingerprint density at radius 1 is 0.795 bits per heavy atom. The SMILES string of the molecule is COc1ccc(C2(c3ccccc3)C=Cc3c4c(c5ccccc5c3O2)-c2cc(P)cc(I)c2C4(C)C)cc1. The van der Waals surface area contributed by atoms with Gasteiger partial charge in [0.2, 0.25) is 0 Å². The largest absolute Gasteiger partial charge is 0.497 e. The van der Waals surface area contributed by atoms with Crippen LogP contribution in [-0.2, 0) is 11.0 Å². The molecule has 39 heavy (non-hydrogen) atoms. The number of hydrogen-bond acceptors (Lipinski definition) is 2. The molecular weight excluding hydrogens is 610 g/mol. The van der Waals surface area contributed by atoms with Crippen molar-refractivity contribution in [2.75, 3.05) is 7.11 Å². The summed E-state index contributed by atoms with van der Waals surface area (Å²) in [6.07, 6.45) is 4.55. The van der Waals surface area contributed by atoms with Crippen molar-refractivity contribution in [3.63, 3.8) is 0 Å². The molecule has 192 valence electrons. The summed E-state index contributed by atoms with van der Waals surface area (Å²) in [5.41, 5.74) is 7.77. The summed E-state index contributed by atoms with van der Waals surface area (Å²) >= 11 is 2.51. The standard InChI is InChI=1S/C35H28IO2P/c1-34(2)31-28(19-24(39)20-29(31)36)30-25-11-7-8-12-26(25)33-27(32(30)34)17-18-35(38-33,21-9-5-4-6-10-21)22-13-15-23(37-3)16-14-22/h4-20H,39H2,1-3H3. The Bertz CT molecular complexity index is 1810. The van der Waals surface area contributed by atoms with E-state index < -0.39 is 5.60 Å². The smallest absolute Gasteiger partial charge is 0.178 e. The predicted octanol–water partition coefficient (Wildman–Crippen LogP) is 8.61. The molecule has 2 nitrogen and oxygen atoms in total. The molecule has 1 heterocycles. The minimum atomic E-state index is -0.769. The van der Waals surface area contributed by atoms with E-state index in [1.54, 1.807) is 7.11 Å². The minimum Gasteiger partial charge on any atom is -0.497 e. The lowest BCUT2D eigenvalue weighted by Crippen LogP contribution is -2.35. The first-order valence-corrected chi connectivity index (χ1v) is 14.8. The van der Waals surface area contributed by atoms with E-state index in [0.29, 0.717) is 0 Å². The number of rotatable bonds is 3. The Labute approximate surface area is 245 Å². The van der Waals surface area contributed by atoms with Crippen molar-refractivity contribution in [3.8, 4) is 22.6 Å². The van der Waals surface area contributed by atoms with Gasteiger partial charge in [0.15, 0.2) is 5.60 Å². The maximum atomic E-state index is 7.32. The quantitative estimate of drug-likeness (QED) is 0.146. The van der Waals surface area contributed by atoms with Gasteiger partial charge in [-0.1, -0.05) is 86.7 Å². The molecule has 0 fully saturated rings. The highest BCUT2D eigenvalue weighted by Crippen LogP contribution is 2.58. The predicted molar refractivity (Wildman–Crippen MR) is 173 cm³/mol. The van der Waals surface area contributed by atoms with E-state index in [1.807, 2.05) is 12.1 Å². The number of benzene rings is 5. The average Bonchev–Trinajstić information content (AvgIpc) is 3.20. The van der Waals surface area contributed by atoms with Crippen LogP contribution in [0.2, 0.25) is 0 Å². The molecule has 0 radical (unpaired) electrons. The first kappa shape index (κ1) is 24.9. The van der Waals surface area contributed by atoms with E-state index in [2.05, 4.69) is 137 Å². The van der Waals surface area contributed by atoms with Gasteiger partial charge in [-0.2, -0.15) is 0 Å². The first-order valence-electron chi connectivity index (χ1n) is 13.1. The zero-order valence-corrected chi connectivity index (χ0v) is 25.4. The third-order valence-corrected chi connectivity index (χ3v) is 9.49. The summed E-state index contributed by atoms with van der Waals surface area (Å²) in [4.78, 5) is 0. The van der Waals surface area contributed by atoms with Crippen LogP contribution < -0.4 is 14.8 Å². The molecule has 1 aliphatic carbocycles. The van der Waals surface area contributed by atoms with Crippen molar-refractivity contribution in [1.82, 2.24) is 0 Å². The van der Waals surface area contributed by atoms with Gasteiger partial charge in [0.25, 0.3) is 0 Å². The maximum Gasteiger partial charge on any atom is 0.178 e. The van der Waals surface area contributed by atoms with Crippen LogP contribution in [0.5, 0.6) is 11.5 Å². The average molecular weight is 638 g/mol. The van der Waals surface area contributed by atoms with E-state index in [1.165, 1.54) is 42.1 Å². The lowest BCUT2D eigenvalue weighted by atomic mass is 9.77. The lowest BCUT2D eigenvalue weighted by Gasteiger charge is -2.38. The van der Waals surface area contributed by atoms with Crippen molar-refractivity contribution in [2.24, 2.45) is 0 Å². The van der Waals surface area contributed by atoms with Crippen molar-refractivity contribution in [2.45, 2.75) is 24.9 Å². The third-order valence-electron chi connectivity index (χ3n) is 8.31. The fourth-order valence-corrected chi connectivity index (χ4v) is 8.60. The number of halogens is 1. The molecule has 0 aromatic heterocycles. The summed E-state index contributed by atoms with van der Waals surface area (Å²) in [5.74, 6) is 1.77. The van der Waals surface area contributed by atoms with E-state index >= 15 is 0 Å². The number of hydrogen-bond donors (Lipinski definition) is 0. The van der Waals surface area contributed by atoms with Gasteiger partial charge >= 0.3 is 0 Å². The molecule has 2 aliphatic rings. The highest BCUT2D eigenvalue weighted by Gasteiger charge is 2.45. The first-order chi connectivity index (χ1) is 18.8. The molecule has 2 atom stereocenters. The van der Waals surface area contributed by atoms with Crippen LogP contribution in [0.4, 0.5) is 0 Å². The van der Waals surface area contributed by atoms with Crippen LogP contribution in [-0.4, -0.2) is 7.11 Å². The summed E-state index contributed by atoms with van der Waals surface area (Å²) in [7, 11) is 4.59. The zero-order valence-electron chi connectivity index (χ0n) is 22.1. The van der Waals surface area contributed by atoms with E-state index in [0.717, 1.165) is 28.0 Å². The second-order valence-corrected chi connectivity index (χ2v) is 12.7. The Balaban J connectivity index is 1.55. The van der Waals surface area contributed by atoms with Gasteiger partial charge in [-0.15, -0.1) is 9.24 Å². The van der Waals surface area contributed by atoms with E-state index in [-0.39, 0.29) is 5.41 Å². The molecule has 1 aliphatic heterocycles. The Kier molecular flexibility index (Phi) is 5.70. The molecule has 5 aromatic carbocycles. The van der Waals surface area contributed by atoms with E-state index in [4.69, 9.17) is 9.47 Å². The number of methoxy groups -OCH3 is 1. The fourth-order valence-electron chi connectivity index (χ4n) is 6.61. The molecule has 0 saturated heterocycles. The van der Waals surface area contributed by atoms with E-state index in [9.17, 15) is 0 Å². The summed E-state index contributed by atoms with van der Waals surface area (Å²) in [6, 6.07) is 32.1. The fraction of sp³-hybridized carbons (Fsp3) is 0.143. The highest BCUT2D eigenvalue weighted by molar-refractivity contribution is 14.1. The molecular formula is C35H28IO2P. The topological polar surface area (TPSA) is 18.5 Å². The molecule has 0 saturated carbocycles. The van der Waals surface area contributed by atoms with Gasteiger partial charge in [-0.25, -0.2) is 0 Å². The number of ether oxygens (including phenoxy) is 2. The maximum absolute atomic E-state index is 7.32. The molecule has 0 spiro atoms.